The van der Waals surface area contributed by atoms with Crippen molar-refractivity contribution in [3.05, 3.63) is 30.1 Å². The Morgan fingerprint density at radius 3 is 2.88 bits per heavy atom. The van der Waals surface area contributed by atoms with Gasteiger partial charge in [0.25, 0.3) is 0 Å². The van der Waals surface area contributed by atoms with Gasteiger partial charge >= 0.3 is 0 Å². The average Bonchev–Trinajstić information content (AvgIpc) is 2.26. The zero-order valence-corrected chi connectivity index (χ0v) is 10.2. The van der Waals surface area contributed by atoms with E-state index in [1.165, 1.54) is 18.9 Å². The summed E-state index contributed by atoms with van der Waals surface area (Å²) in [7, 11) is 0. The van der Waals surface area contributed by atoms with Crippen LogP contribution in [0.4, 0.5) is 10.1 Å². The Balaban J connectivity index is 1.95. The van der Waals surface area contributed by atoms with Gasteiger partial charge in [-0.2, -0.15) is 0 Å². The number of hydrogen-bond acceptors (Lipinski definition) is 2. The number of hydrogen-bond donors (Lipinski definition) is 0. The molecule has 2 aliphatic heterocycles. The topological polar surface area (TPSA) is 12.5 Å². The van der Waals surface area contributed by atoms with E-state index in [-0.39, 0.29) is 11.4 Å². The molecule has 1 aromatic rings. The highest BCUT2D eigenvalue weighted by molar-refractivity contribution is 5.51. The molecule has 0 radical (unpaired) electrons. The first-order chi connectivity index (χ1) is 8.22. The fraction of sp³-hybridized carbons (Fsp3) is 0.571. The van der Waals surface area contributed by atoms with Crippen molar-refractivity contribution < 1.29 is 9.13 Å². The van der Waals surface area contributed by atoms with Crippen molar-refractivity contribution in [2.24, 2.45) is 5.92 Å². The lowest BCUT2D eigenvalue weighted by molar-refractivity contribution is -0.0926. The molecule has 0 aliphatic carbocycles. The van der Waals surface area contributed by atoms with Crippen LogP contribution in [0.2, 0.25) is 0 Å². The van der Waals surface area contributed by atoms with Crippen LogP contribution in [0.1, 0.15) is 19.8 Å². The Bertz CT molecular complexity index is 416. The second kappa shape index (κ2) is 3.98. The van der Waals surface area contributed by atoms with Gasteiger partial charge in [-0.05, 0) is 37.0 Å². The summed E-state index contributed by atoms with van der Waals surface area (Å²) in [6.07, 6.45) is 2.43. The monoisotopic (exact) mass is 235 g/mol. The van der Waals surface area contributed by atoms with Gasteiger partial charge in [-0.1, -0.05) is 13.0 Å². The SMILES string of the molecule is C[C@@H]1CCCN(c2cccc(F)c2)C12COC2. The summed E-state index contributed by atoms with van der Waals surface area (Å²) in [6.45, 7) is 4.86. The van der Waals surface area contributed by atoms with Gasteiger partial charge in [0.05, 0.1) is 18.8 Å². The van der Waals surface area contributed by atoms with E-state index < -0.39 is 0 Å². The van der Waals surface area contributed by atoms with Crippen molar-refractivity contribution in [2.75, 3.05) is 24.7 Å². The maximum Gasteiger partial charge on any atom is 0.125 e. The molecule has 1 aromatic carbocycles. The molecular weight excluding hydrogens is 217 g/mol. The van der Waals surface area contributed by atoms with Crippen LogP contribution < -0.4 is 4.90 Å². The lowest BCUT2D eigenvalue weighted by Gasteiger charge is -2.57. The third kappa shape index (κ3) is 1.64. The van der Waals surface area contributed by atoms with E-state index >= 15 is 0 Å². The molecule has 1 atom stereocenters. The highest BCUT2D eigenvalue weighted by Crippen LogP contribution is 2.41. The molecule has 3 rings (SSSR count). The van der Waals surface area contributed by atoms with Crippen LogP contribution in [-0.2, 0) is 4.74 Å². The molecule has 0 amide bonds. The molecule has 2 fully saturated rings. The average molecular weight is 235 g/mol. The van der Waals surface area contributed by atoms with Crippen molar-refractivity contribution >= 4 is 5.69 Å². The summed E-state index contributed by atoms with van der Waals surface area (Å²) in [5, 5.41) is 0. The molecule has 2 saturated heterocycles. The second-order valence-corrected chi connectivity index (χ2v) is 5.27. The second-order valence-electron chi connectivity index (χ2n) is 5.27. The first-order valence-corrected chi connectivity index (χ1v) is 6.33. The Morgan fingerprint density at radius 2 is 2.24 bits per heavy atom. The van der Waals surface area contributed by atoms with Gasteiger partial charge < -0.3 is 9.64 Å². The molecule has 1 spiro atoms. The smallest absolute Gasteiger partial charge is 0.125 e. The number of rotatable bonds is 1. The molecule has 0 aromatic heterocycles. The lowest BCUT2D eigenvalue weighted by Crippen LogP contribution is -2.68. The first kappa shape index (κ1) is 11.0. The fourth-order valence-corrected chi connectivity index (χ4v) is 3.09. The van der Waals surface area contributed by atoms with Gasteiger partial charge in [0.15, 0.2) is 0 Å². The Morgan fingerprint density at radius 1 is 1.41 bits per heavy atom. The molecule has 3 heteroatoms. The van der Waals surface area contributed by atoms with Crippen molar-refractivity contribution in [1.82, 2.24) is 0 Å². The van der Waals surface area contributed by atoms with E-state index in [4.69, 9.17) is 4.74 Å². The Labute approximate surface area is 101 Å². The van der Waals surface area contributed by atoms with Crippen LogP contribution in [0.5, 0.6) is 0 Å². The molecule has 2 nitrogen and oxygen atoms in total. The zero-order chi connectivity index (χ0) is 11.9. The number of anilines is 1. The van der Waals surface area contributed by atoms with Crippen LogP contribution in [0, 0.1) is 11.7 Å². The van der Waals surface area contributed by atoms with Gasteiger partial charge in [0.2, 0.25) is 0 Å². The molecule has 0 unspecified atom stereocenters. The summed E-state index contributed by atoms with van der Waals surface area (Å²) in [6, 6.07) is 6.93. The van der Waals surface area contributed by atoms with Gasteiger partial charge in [0, 0.05) is 12.2 Å². The number of ether oxygens (including phenoxy) is 1. The molecule has 0 saturated carbocycles. The summed E-state index contributed by atoms with van der Waals surface area (Å²) in [5.74, 6) is 0.462. The molecule has 0 bridgehead atoms. The van der Waals surface area contributed by atoms with E-state index in [1.54, 1.807) is 12.1 Å². The minimum atomic E-state index is -0.156. The third-order valence-corrected chi connectivity index (χ3v) is 4.30. The van der Waals surface area contributed by atoms with Crippen LogP contribution >= 0.6 is 0 Å². The van der Waals surface area contributed by atoms with Gasteiger partial charge in [-0.25, -0.2) is 4.39 Å². The van der Waals surface area contributed by atoms with Gasteiger partial charge in [0.1, 0.15) is 5.82 Å². The highest BCUT2D eigenvalue weighted by Gasteiger charge is 2.50. The largest absolute Gasteiger partial charge is 0.376 e. The first-order valence-electron chi connectivity index (χ1n) is 6.33. The Kier molecular flexibility index (Phi) is 2.58. The quantitative estimate of drug-likeness (QED) is 0.742. The molecule has 17 heavy (non-hydrogen) atoms. The van der Waals surface area contributed by atoms with E-state index in [0.717, 1.165) is 25.4 Å². The summed E-state index contributed by atoms with van der Waals surface area (Å²) < 4.78 is 18.8. The van der Waals surface area contributed by atoms with Gasteiger partial charge in [-0.3, -0.25) is 0 Å². The van der Waals surface area contributed by atoms with Crippen molar-refractivity contribution in [3.8, 4) is 0 Å². The van der Waals surface area contributed by atoms with Crippen LogP contribution in [0.3, 0.4) is 0 Å². The molecular formula is C14H18FNO. The molecule has 0 N–H and O–H groups in total. The van der Waals surface area contributed by atoms with Crippen molar-refractivity contribution in [2.45, 2.75) is 25.3 Å². The zero-order valence-electron chi connectivity index (χ0n) is 10.2. The minimum absolute atomic E-state index is 0.117. The lowest BCUT2D eigenvalue weighted by atomic mass is 9.75. The predicted octanol–water partition coefficient (Wildman–Crippen LogP) is 2.83. The standard InChI is InChI=1S/C14H18FNO/c1-11-4-3-7-16(14(11)9-17-10-14)13-6-2-5-12(15)8-13/h2,5-6,8,11H,3-4,7,9-10H2,1H3/t11-/m1/s1. The van der Waals surface area contributed by atoms with Crippen molar-refractivity contribution in [1.29, 1.82) is 0 Å². The van der Waals surface area contributed by atoms with Crippen molar-refractivity contribution in [3.63, 3.8) is 0 Å². The summed E-state index contributed by atoms with van der Waals surface area (Å²) in [4.78, 5) is 2.35. The third-order valence-electron chi connectivity index (χ3n) is 4.30. The highest BCUT2D eigenvalue weighted by atomic mass is 19.1. The minimum Gasteiger partial charge on any atom is -0.376 e. The van der Waals surface area contributed by atoms with Gasteiger partial charge in [-0.15, -0.1) is 0 Å². The number of halogens is 1. The summed E-state index contributed by atoms with van der Waals surface area (Å²) >= 11 is 0. The molecule has 2 aliphatic rings. The maximum atomic E-state index is 13.3. The van der Waals surface area contributed by atoms with E-state index in [2.05, 4.69) is 11.8 Å². The normalized spacial score (nSPS) is 26.9. The van der Waals surface area contributed by atoms with Crippen LogP contribution in [-0.4, -0.2) is 25.3 Å². The predicted molar refractivity (Wildman–Crippen MR) is 65.7 cm³/mol. The van der Waals surface area contributed by atoms with E-state index in [9.17, 15) is 4.39 Å². The van der Waals surface area contributed by atoms with E-state index in [1.807, 2.05) is 6.07 Å². The fourth-order valence-electron chi connectivity index (χ4n) is 3.09. The molecule has 92 valence electrons. The maximum absolute atomic E-state index is 13.3. The number of piperidine rings is 1. The number of nitrogens with zero attached hydrogens (tertiary/aromatic N) is 1. The number of benzene rings is 1. The van der Waals surface area contributed by atoms with E-state index in [0.29, 0.717) is 5.92 Å². The summed E-state index contributed by atoms with van der Waals surface area (Å²) in [5.41, 5.74) is 1.12. The molecule has 2 heterocycles. The Hall–Kier alpha value is -1.09. The van der Waals surface area contributed by atoms with Crippen LogP contribution in [0.25, 0.3) is 0 Å². The van der Waals surface area contributed by atoms with Crippen LogP contribution in [0.15, 0.2) is 24.3 Å².